The Morgan fingerprint density at radius 2 is 1.11 bits per heavy atom. The molecule has 0 bridgehead atoms. The number of carbonyl (C=O) groups excluding carboxylic acids is 2. The number of hydrogen-bond donors (Lipinski definition) is 2. The van der Waals surface area contributed by atoms with E-state index in [9.17, 15) is 9.59 Å². The van der Waals surface area contributed by atoms with Gasteiger partial charge in [-0.05, 0) is 79.6 Å². The molecule has 2 aromatic carbocycles. The van der Waals surface area contributed by atoms with Crippen molar-refractivity contribution in [1.29, 1.82) is 0 Å². The van der Waals surface area contributed by atoms with Gasteiger partial charge in [-0.1, -0.05) is 23.2 Å². The van der Waals surface area contributed by atoms with Gasteiger partial charge in [0.1, 0.15) is 0 Å². The molecule has 0 radical (unpaired) electrons. The fourth-order valence-electron chi connectivity index (χ4n) is 3.97. The van der Waals surface area contributed by atoms with Gasteiger partial charge in [0.15, 0.2) is 0 Å². The fraction of sp³-hybridized carbons (Fsp3) is 0.333. The number of rotatable bonds is 4. The van der Waals surface area contributed by atoms with Gasteiger partial charge in [0, 0.05) is 21.4 Å². The van der Waals surface area contributed by atoms with Crippen LogP contribution in [0.5, 0.6) is 0 Å². The third kappa shape index (κ3) is 4.12. The van der Waals surface area contributed by atoms with Gasteiger partial charge in [-0.3, -0.25) is 9.59 Å². The molecule has 2 aliphatic rings. The summed E-state index contributed by atoms with van der Waals surface area (Å²) < 4.78 is 0. The number of anilines is 2. The second-order valence-electron chi connectivity index (χ2n) is 7.61. The fourth-order valence-corrected chi connectivity index (χ4v) is 4.23. The quantitative estimate of drug-likeness (QED) is 0.721. The van der Waals surface area contributed by atoms with Crippen LogP contribution in [-0.2, 0) is 9.59 Å². The first kappa shape index (κ1) is 18.3. The first-order valence-electron chi connectivity index (χ1n) is 9.07. The molecule has 6 heteroatoms. The van der Waals surface area contributed by atoms with Crippen molar-refractivity contribution in [2.75, 3.05) is 10.6 Å². The van der Waals surface area contributed by atoms with Gasteiger partial charge in [0.2, 0.25) is 11.8 Å². The second-order valence-corrected chi connectivity index (χ2v) is 8.49. The summed E-state index contributed by atoms with van der Waals surface area (Å²) in [6.07, 6.45) is 3.74. The molecule has 4 rings (SSSR count). The minimum absolute atomic E-state index is 0.0997. The van der Waals surface area contributed by atoms with Gasteiger partial charge in [0.25, 0.3) is 0 Å². The van der Waals surface area contributed by atoms with Crippen molar-refractivity contribution in [1.82, 2.24) is 0 Å². The van der Waals surface area contributed by atoms with E-state index in [1.165, 1.54) is 0 Å². The normalized spacial score (nSPS) is 22.4. The zero-order valence-corrected chi connectivity index (χ0v) is 16.2. The van der Waals surface area contributed by atoms with E-state index >= 15 is 0 Å². The molecule has 140 valence electrons. The van der Waals surface area contributed by atoms with Crippen LogP contribution in [0, 0.1) is 17.3 Å². The largest absolute Gasteiger partial charge is 0.326 e. The number of benzene rings is 2. The molecular formula is C21H20Cl2N2O2. The molecule has 0 aliphatic heterocycles. The lowest BCUT2D eigenvalue weighted by Crippen LogP contribution is -2.33. The summed E-state index contributed by atoms with van der Waals surface area (Å²) in [6.45, 7) is 0. The van der Waals surface area contributed by atoms with Crippen molar-refractivity contribution in [3.05, 3.63) is 58.6 Å². The highest BCUT2D eigenvalue weighted by Crippen LogP contribution is 2.61. The summed E-state index contributed by atoms with van der Waals surface area (Å²) in [5.74, 6) is -0.847. The minimum Gasteiger partial charge on any atom is -0.326 e. The van der Waals surface area contributed by atoms with Crippen molar-refractivity contribution in [3.63, 3.8) is 0 Å². The van der Waals surface area contributed by atoms with Gasteiger partial charge in [-0.2, -0.15) is 0 Å². The SMILES string of the molecule is O=C(Nc1ccc(Cl)cc1)[C@H]1CC2(CC2)C[C@@H]1C(=O)Nc1ccc(Cl)cc1. The van der Waals surface area contributed by atoms with E-state index in [-0.39, 0.29) is 29.1 Å². The van der Waals surface area contributed by atoms with Crippen LogP contribution in [0.1, 0.15) is 25.7 Å². The maximum Gasteiger partial charge on any atom is 0.228 e. The Bertz CT molecular complexity index is 791. The van der Waals surface area contributed by atoms with Crippen molar-refractivity contribution in [3.8, 4) is 0 Å². The van der Waals surface area contributed by atoms with E-state index in [1.54, 1.807) is 48.5 Å². The molecule has 2 amide bonds. The molecule has 2 N–H and O–H groups in total. The Morgan fingerprint density at radius 3 is 1.44 bits per heavy atom. The molecule has 2 aliphatic carbocycles. The predicted molar refractivity (Wildman–Crippen MR) is 108 cm³/mol. The number of halogens is 2. The van der Waals surface area contributed by atoms with Crippen LogP contribution in [0.25, 0.3) is 0 Å². The number of hydrogen-bond acceptors (Lipinski definition) is 2. The number of amides is 2. The van der Waals surface area contributed by atoms with Crippen LogP contribution in [0.4, 0.5) is 11.4 Å². The van der Waals surface area contributed by atoms with Crippen LogP contribution in [0.2, 0.25) is 10.0 Å². The molecular weight excluding hydrogens is 383 g/mol. The predicted octanol–water partition coefficient (Wildman–Crippen LogP) is 5.38. The number of carbonyl (C=O) groups is 2. The van der Waals surface area contributed by atoms with Gasteiger partial charge in [0.05, 0.1) is 11.8 Å². The summed E-state index contributed by atoms with van der Waals surface area (Å²) in [5.41, 5.74) is 1.56. The summed E-state index contributed by atoms with van der Waals surface area (Å²) in [5, 5.41) is 7.11. The van der Waals surface area contributed by atoms with E-state index in [0.29, 0.717) is 21.4 Å². The Labute approximate surface area is 168 Å². The lowest BCUT2D eigenvalue weighted by Gasteiger charge is -2.19. The minimum atomic E-state index is -0.324. The molecule has 2 saturated carbocycles. The van der Waals surface area contributed by atoms with Gasteiger partial charge in [-0.25, -0.2) is 0 Å². The zero-order chi connectivity index (χ0) is 19.0. The topological polar surface area (TPSA) is 58.2 Å². The van der Waals surface area contributed by atoms with E-state index in [2.05, 4.69) is 10.6 Å². The van der Waals surface area contributed by atoms with Crippen molar-refractivity contribution < 1.29 is 9.59 Å². The standard InChI is InChI=1S/C21H20Cl2N2O2/c22-13-1-5-15(6-2-13)24-19(26)17-11-21(9-10-21)12-18(17)20(27)25-16-7-3-14(23)4-8-16/h1-8,17-18H,9-12H2,(H,24,26)(H,25,27)/t17-,18-/m0/s1. The Morgan fingerprint density at radius 1 is 0.741 bits per heavy atom. The van der Waals surface area contributed by atoms with Gasteiger partial charge in [-0.15, -0.1) is 0 Å². The monoisotopic (exact) mass is 402 g/mol. The van der Waals surface area contributed by atoms with Crippen molar-refractivity contribution in [2.24, 2.45) is 17.3 Å². The second kappa shape index (κ2) is 7.17. The van der Waals surface area contributed by atoms with Crippen molar-refractivity contribution >= 4 is 46.4 Å². The zero-order valence-electron chi connectivity index (χ0n) is 14.7. The Hall–Kier alpha value is -2.04. The molecule has 0 unspecified atom stereocenters. The van der Waals surface area contributed by atoms with Crippen LogP contribution in [0.15, 0.2) is 48.5 Å². The molecule has 0 aromatic heterocycles. The third-order valence-electron chi connectivity index (χ3n) is 5.65. The van der Waals surface area contributed by atoms with E-state index < -0.39 is 0 Å². The Balaban J connectivity index is 1.47. The smallest absolute Gasteiger partial charge is 0.228 e. The van der Waals surface area contributed by atoms with Crippen LogP contribution >= 0.6 is 23.2 Å². The molecule has 2 fully saturated rings. The van der Waals surface area contributed by atoms with Crippen molar-refractivity contribution in [2.45, 2.75) is 25.7 Å². The Kier molecular flexibility index (Phi) is 4.87. The highest BCUT2D eigenvalue weighted by Gasteiger charge is 2.56. The third-order valence-corrected chi connectivity index (χ3v) is 6.15. The molecule has 0 saturated heterocycles. The van der Waals surface area contributed by atoms with E-state index in [1.807, 2.05) is 0 Å². The maximum absolute atomic E-state index is 12.9. The van der Waals surface area contributed by atoms with E-state index in [0.717, 1.165) is 25.7 Å². The highest BCUT2D eigenvalue weighted by atomic mass is 35.5. The summed E-state index contributed by atoms with van der Waals surface area (Å²) >= 11 is 11.8. The van der Waals surface area contributed by atoms with E-state index in [4.69, 9.17) is 23.2 Å². The average molecular weight is 403 g/mol. The molecule has 2 aromatic rings. The molecule has 2 atom stereocenters. The summed E-state index contributed by atoms with van der Waals surface area (Å²) in [7, 11) is 0. The lowest BCUT2D eigenvalue weighted by atomic mass is 9.94. The summed E-state index contributed by atoms with van der Waals surface area (Å²) in [6, 6.07) is 14.0. The molecule has 1 spiro atoms. The van der Waals surface area contributed by atoms with Gasteiger partial charge >= 0.3 is 0 Å². The maximum atomic E-state index is 12.9. The average Bonchev–Trinajstić information content (AvgIpc) is 3.29. The van der Waals surface area contributed by atoms with Crippen LogP contribution in [-0.4, -0.2) is 11.8 Å². The van der Waals surface area contributed by atoms with Crippen LogP contribution in [0.3, 0.4) is 0 Å². The lowest BCUT2D eigenvalue weighted by molar-refractivity contribution is -0.128. The first-order chi connectivity index (χ1) is 12.9. The summed E-state index contributed by atoms with van der Waals surface area (Å²) in [4.78, 5) is 25.8. The van der Waals surface area contributed by atoms with Gasteiger partial charge < -0.3 is 10.6 Å². The molecule has 0 heterocycles. The molecule has 27 heavy (non-hydrogen) atoms. The first-order valence-corrected chi connectivity index (χ1v) is 9.83. The number of nitrogens with one attached hydrogen (secondary N) is 2. The van der Waals surface area contributed by atoms with Crippen LogP contribution < -0.4 is 10.6 Å². The highest BCUT2D eigenvalue weighted by molar-refractivity contribution is 6.31. The molecule has 4 nitrogen and oxygen atoms in total.